The minimum absolute atomic E-state index is 0.306. The lowest BCUT2D eigenvalue weighted by molar-refractivity contribution is 0.0635. The van der Waals surface area contributed by atoms with Gasteiger partial charge in [-0.15, -0.1) is 0 Å². The summed E-state index contributed by atoms with van der Waals surface area (Å²) >= 11 is 0. The molecule has 2 amide bonds. The summed E-state index contributed by atoms with van der Waals surface area (Å²) in [5, 5.41) is 9.21. The Morgan fingerprint density at radius 1 is 0.974 bits per heavy atom. The summed E-state index contributed by atoms with van der Waals surface area (Å²) in [6.45, 7) is 9.52. The average molecular weight is 514 g/mol. The minimum atomic E-state index is -0.645. The van der Waals surface area contributed by atoms with Crippen molar-refractivity contribution in [2.75, 3.05) is 41.7 Å². The molecule has 0 aliphatic carbocycles. The van der Waals surface area contributed by atoms with Crippen molar-refractivity contribution in [3.8, 4) is 11.1 Å². The predicted molar refractivity (Wildman–Crippen MR) is 151 cm³/mol. The number of carbonyl (C=O) groups excluding carboxylic acids is 2. The Labute approximate surface area is 223 Å². The number of rotatable bonds is 5. The van der Waals surface area contributed by atoms with Crippen molar-refractivity contribution in [1.29, 1.82) is 0 Å². The first-order valence-corrected chi connectivity index (χ1v) is 13.1. The molecule has 2 saturated heterocycles. The van der Waals surface area contributed by atoms with Crippen LogP contribution in [0.4, 0.5) is 22.0 Å². The van der Waals surface area contributed by atoms with Gasteiger partial charge in [0.25, 0.3) is 5.91 Å². The van der Waals surface area contributed by atoms with Crippen molar-refractivity contribution in [2.45, 2.75) is 39.2 Å². The quantitative estimate of drug-likeness (QED) is 0.415. The Morgan fingerprint density at radius 3 is 2.47 bits per heavy atom. The maximum Gasteiger partial charge on any atom is 0.412 e. The first kappa shape index (κ1) is 25.7. The van der Waals surface area contributed by atoms with Crippen LogP contribution in [0.5, 0.6) is 0 Å². The normalized spacial score (nSPS) is 19.0. The van der Waals surface area contributed by atoms with Crippen LogP contribution >= 0.6 is 0 Å². The van der Waals surface area contributed by atoms with E-state index in [1.54, 1.807) is 39.1 Å². The molecule has 1 spiro atoms. The Kier molecular flexibility index (Phi) is 7.08. The van der Waals surface area contributed by atoms with Crippen molar-refractivity contribution in [3.05, 3.63) is 72.4 Å². The van der Waals surface area contributed by atoms with Crippen LogP contribution in [-0.4, -0.2) is 48.8 Å². The number of amides is 2. The van der Waals surface area contributed by atoms with Crippen LogP contribution in [0.15, 0.2) is 66.9 Å². The molecule has 5 rings (SSSR count). The molecule has 0 saturated carbocycles. The highest BCUT2D eigenvalue weighted by Crippen LogP contribution is 2.37. The fourth-order valence-electron chi connectivity index (χ4n) is 5.16. The van der Waals surface area contributed by atoms with Gasteiger partial charge in [-0.1, -0.05) is 36.4 Å². The number of nitrogens with one attached hydrogen (secondary N) is 3. The van der Waals surface area contributed by atoms with Gasteiger partial charge < -0.3 is 20.3 Å². The molecule has 38 heavy (non-hydrogen) atoms. The number of pyridine rings is 1. The zero-order chi connectivity index (χ0) is 26.8. The molecule has 2 aromatic carbocycles. The number of benzene rings is 2. The number of hydrogen-bond donors (Lipinski definition) is 3. The monoisotopic (exact) mass is 513 g/mol. The number of anilines is 3. The topological polar surface area (TPSA) is 95.6 Å². The van der Waals surface area contributed by atoms with Crippen molar-refractivity contribution < 1.29 is 14.3 Å². The average Bonchev–Trinajstić information content (AvgIpc) is 3.54. The summed E-state index contributed by atoms with van der Waals surface area (Å²) in [5.41, 5.74) is 2.98. The van der Waals surface area contributed by atoms with Gasteiger partial charge in [0.1, 0.15) is 11.4 Å². The summed E-state index contributed by atoms with van der Waals surface area (Å²) < 4.78 is 5.42. The highest BCUT2D eigenvalue weighted by atomic mass is 16.6. The van der Waals surface area contributed by atoms with Gasteiger partial charge in [0.15, 0.2) is 0 Å². The van der Waals surface area contributed by atoms with Crippen molar-refractivity contribution >= 4 is 29.2 Å². The SMILES string of the molecule is CC(C)(C)OC(=O)Nc1ccc(-c2ccccc2)cc1NC(=O)c1ccc(N2CCC3(CCNC3)C2)nc1. The second-order valence-electron chi connectivity index (χ2n) is 11.2. The molecule has 3 aromatic rings. The van der Waals surface area contributed by atoms with Crippen LogP contribution in [0.1, 0.15) is 44.0 Å². The molecule has 1 aromatic heterocycles. The van der Waals surface area contributed by atoms with Gasteiger partial charge >= 0.3 is 6.09 Å². The molecule has 1 unspecified atom stereocenters. The van der Waals surface area contributed by atoms with E-state index in [1.807, 2.05) is 48.5 Å². The Balaban J connectivity index is 1.34. The van der Waals surface area contributed by atoms with Crippen LogP contribution in [0.2, 0.25) is 0 Å². The molecule has 0 radical (unpaired) electrons. The maximum atomic E-state index is 13.2. The molecule has 8 heteroatoms. The van der Waals surface area contributed by atoms with Gasteiger partial charge in [-0.3, -0.25) is 10.1 Å². The lowest BCUT2D eigenvalue weighted by Crippen LogP contribution is -2.29. The molecule has 2 fully saturated rings. The zero-order valence-electron chi connectivity index (χ0n) is 22.2. The summed E-state index contributed by atoms with van der Waals surface area (Å²) in [4.78, 5) is 32.6. The van der Waals surface area contributed by atoms with E-state index in [0.29, 0.717) is 22.4 Å². The first-order valence-electron chi connectivity index (χ1n) is 13.1. The molecule has 2 aliphatic heterocycles. The van der Waals surface area contributed by atoms with Crippen LogP contribution in [0.3, 0.4) is 0 Å². The number of nitrogens with zero attached hydrogens (tertiary/aromatic N) is 2. The van der Waals surface area contributed by atoms with E-state index < -0.39 is 11.7 Å². The maximum absolute atomic E-state index is 13.2. The fraction of sp³-hybridized carbons (Fsp3) is 0.367. The summed E-state index contributed by atoms with van der Waals surface area (Å²) in [6.07, 6.45) is 3.39. The van der Waals surface area contributed by atoms with Crippen LogP contribution in [0, 0.1) is 5.41 Å². The molecule has 0 bridgehead atoms. The van der Waals surface area contributed by atoms with Crippen LogP contribution < -0.4 is 20.9 Å². The van der Waals surface area contributed by atoms with E-state index in [4.69, 9.17) is 4.74 Å². The third-order valence-corrected chi connectivity index (χ3v) is 7.11. The minimum Gasteiger partial charge on any atom is -0.444 e. The van der Waals surface area contributed by atoms with Gasteiger partial charge in [-0.05, 0) is 75.5 Å². The van der Waals surface area contributed by atoms with Gasteiger partial charge in [0.2, 0.25) is 0 Å². The summed E-state index contributed by atoms with van der Waals surface area (Å²) in [7, 11) is 0. The number of aromatic nitrogens is 1. The Hall–Kier alpha value is -3.91. The van der Waals surface area contributed by atoms with Gasteiger partial charge in [-0.25, -0.2) is 9.78 Å². The highest BCUT2D eigenvalue weighted by Gasteiger charge is 2.40. The van der Waals surface area contributed by atoms with Crippen LogP contribution in [-0.2, 0) is 4.74 Å². The lowest BCUT2D eigenvalue weighted by Gasteiger charge is -2.23. The summed E-state index contributed by atoms with van der Waals surface area (Å²) in [5.74, 6) is 0.586. The van der Waals surface area contributed by atoms with E-state index >= 15 is 0 Å². The molecule has 8 nitrogen and oxygen atoms in total. The Bertz CT molecular complexity index is 1300. The van der Waals surface area contributed by atoms with E-state index in [0.717, 1.165) is 49.5 Å². The lowest BCUT2D eigenvalue weighted by atomic mass is 9.87. The molecular formula is C30H35N5O3. The molecule has 3 N–H and O–H groups in total. The second kappa shape index (κ2) is 10.5. The van der Waals surface area contributed by atoms with Crippen molar-refractivity contribution in [1.82, 2.24) is 10.3 Å². The predicted octanol–water partition coefficient (Wildman–Crippen LogP) is 5.54. The molecule has 198 valence electrons. The third kappa shape index (κ3) is 5.97. The number of carbonyl (C=O) groups is 2. The van der Waals surface area contributed by atoms with E-state index in [2.05, 4.69) is 25.8 Å². The van der Waals surface area contributed by atoms with E-state index in [-0.39, 0.29) is 5.91 Å². The van der Waals surface area contributed by atoms with Gasteiger partial charge in [-0.2, -0.15) is 0 Å². The van der Waals surface area contributed by atoms with E-state index in [1.165, 1.54) is 6.42 Å². The largest absolute Gasteiger partial charge is 0.444 e. The second-order valence-corrected chi connectivity index (χ2v) is 11.2. The number of hydrogen-bond acceptors (Lipinski definition) is 6. The molecular weight excluding hydrogens is 478 g/mol. The smallest absolute Gasteiger partial charge is 0.412 e. The van der Waals surface area contributed by atoms with Crippen molar-refractivity contribution in [2.24, 2.45) is 5.41 Å². The van der Waals surface area contributed by atoms with Crippen LogP contribution in [0.25, 0.3) is 11.1 Å². The zero-order valence-corrected chi connectivity index (χ0v) is 22.2. The summed E-state index contributed by atoms with van der Waals surface area (Å²) in [6, 6.07) is 19.1. The highest BCUT2D eigenvalue weighted by molar-refractivity contribution is 6.07. The fourth-order valence-corrected chi connectivity index (χ4v) is 5.16. The standard InChI is InChI=1S/C30H35N5O3/c1-29(2,3)38-28(37)34-24-11-9-22(21-7-5-4-6-8-21)17-25(24)33-27(36)23-10-12-26(32-18-23)35-16-14-30(20-35)13-15-31-19-30/h4-12,17-18,31H,13-16,19-20H2,1-3H3,(H,33,36)(H,34,37). The molecule has 3 heterocycles. The first-order chi connectivity index (χ1) is 18.2. The van der Waals surface area contributed by atoms with Crippen molar-refractivity contribution in [3.63, 3.8) is 0 Å². The number of ether oxygens (including phenoxy) is 1. The molecule has 1 atom stereocenters. The van der Waals surface area contributed by atoms with Gasteiger partial charge in [0, 0.05) is 31.2 Å². The third-order valence-electron chi connectivity index (χ3n) is 7.11. The Morgan fingerprint density at radius 2 is 1.79 bits per heavy atom. The molecule has 2 aliphatic rings. The van der Waals surface area contributed by atoms with Gasteiger partial charge in [0.05, 0.1) is 16.9 Å². The van der Waals surface area contributed by atoms with E-state index in [9.17, 15) is 9.59 Å².